The molecule has 9 nitrogen and oxygen atoms in total. The Kier molecular flexibility index (Phi) is 6.65. The lowest BCUT2D eigenvalue weighted by Gasteiger charge is -2.26. The SMILES string of the molecule is Cn1cc(-n2ccc(=O)c(Cc3cccc(N(CCC4CCOCC4)C(=O)O)c3)n2)cn1. The molecule has 4 rings (SSSR count). The van der Waals surface area contributed by atoms with Gasteiger partial charge in [0.05, 0.1) is 12.4 Å². The van der Waals surface area contributed by atoms with Crippen LogP contribution in [-0.4, -0.2) is 50.5 Å². The molecule has 0 atom stereocenters. The molecule has 1 aliphatic rings. The monoisotopic (exact) mass is 437 g/mol. The van der Waals surface area contributed by atoms with Crippen molar-refractivity contribution in [3.63, 3.8) is 0 Å². The van der Waals surface area contributed by atoms with Gasteiger partial charge in [-0.1, -0.05) is 12.1 Å². The van der Waals surface area contributed by atoms with Crippen LogP contribution < -0.4 is 10.3 Å². The van der Waals surface area contributed by atoms with Gasteiger partial charge in [-0.05, 0) is 42.9 Å². The number of amides is 1. The second-order valence-corrected chi connectivity index (χ2v) is 8.07. The van der Waals surface area contributed by atoms with Crippen LogP contribution in [0.2, 0.25) is 0 Å². The number of nitrogens with zero attached hydrogens (tertiary/aromatic N) is 5. The van der Waals surface area contributed by atoms with Crippen molar-refractivity contribution in [1.29, 1.82) is 0 Å². The molecule has 3 aromatic rings. The summed E-state index contributed by atoms with van der Waals surface area (Å²) < 4.78 is 8.67. The van der Waals surface area contributed by atoms with E-state index in [-0.39, 0.29) is 5.43 Å². The topological polar surface area (TPSA) is 102 Å². The molecule has 9 heteroatoms. The Bertz CT molecular complexity index is 1130. The Morgan fingerprint density at radius 1 is 1.28 bits per heavy atom. The number of hydrogen-bond donors (Lipinski definition) is 1. The van der Waals surface area contributed by atoms with Crippen LogP contribution in [0.3, 0.4) is 0 Å². The van der Waals surface area contributed by atoms with Gasteiger partial charge in [-0.3, -0.25) is 14.4 Å². The fraction of sp³-hybridized carbons (Fsp3) is 0.391. The van der Waals surface area contributed by atoms with Crippen LogP contribution in [0, 0.1) is 5.92 Å². The summed E-state index contributed by atoms with van der Waals surface area (Å²) in [6, 6.07) is 8.79. The standard InChI is InChI=1S/C23H27N5O4/c1-26-16-20(15-24-26)28-10-6-22(29)21(25-28)14-18-3-2-4-19(13-18)27(23(30)31)9-5-17-7-11-32-12-8-17/h2-4,6,10,13,15-17H,5,7-9,11-12,14H2,1H3,(H,30,31). The zero-order valence-electron chi connectivity index (χ0n) is 18.1. The van der Waals surface area contributed by atoms with Crippen LogP contribution in [0.25, 0.3) is 5.69 Å². The van der Waals surface area contributed by atoms with Gasteiger partial charge in [-0.25, -0.2) is 9.48 Å². The van der Waals surface area contributed by atoms with Gasteiger partial charge in [0.2, 0.25) is 5.43 Å². The van der Waals surface area contributed by atoms with E-state index in [0.717, 1.165) is 43.7 Å². The lowest BCUT2D eigenvalue weighted by molar-refractivity contribution is 0.0645. The van der Waals surface area contributed by atoms with Crippen LogP contribution in [-0.2, 0) is 18.2 Å². The summed E-state index contributed by atoms with van der Waals surface area (Å²) in [4.78, 5) is 25.7. The summed E-state index contributed by atoms with van der Waals surface area (Å²) in [7, 11) is 1.81. The number of ether oxygens (including phenoxy) is 1. The summed E-state index contributed by atoms with van der Waals surface area (Å²) in [6.07, 6.45) is 7.16. The van der Waals surface area contributed by atoms with Crippen molar-refractivity contribution < 1.29 is 14.6 Å². The van der Waals surface area contributed by atoms with Crippen molar-refractivity contribution in [2.75, 3.05) is 24.7 Å². The summed E-state index contributed by atoms with van der Waals surface area (Å²) in [5.41, 5.74) is 2.41. The minimum absolute atomic E-state index is 0.162. The van der Waals surface area contributed by atoms with Crippen LogP contribution in [0.4, 0.5) is 10.5 Å². The summed E-state index contributed by atoms with van der Waals surface area (Å²) >= 11 is 0. The fourth-order valence-corrected chi connectivity index (χ4v) is 3.95. The highest BCUT2D eigenvalue weighted by molar-refractivity contribution is 5.86. The molecule has 2 aromatic heterocycles. The molecule has 168 valence electrons. The number of benzene rings is 1. The molecule has 1 N–H and O–H groups in total. The Labute approximate surface area is 185 Å². The molecule has 1 aromatic carbocycles. The van der Waals surface area contributed by atoms with E-state index < -0.39 is 6.09 Å². The Morgan fingerprint density at radius 2 is 2.09 bits per heavy atom. The predicted molar refractivity (Wildman–Crippen MR) is 119 cm³/mol. The molecule has 0 saturated carbocycles. The zero-order valence-corrected chi connectivity index (χ0v) is 18.1. The van der Waals surface area contributed by atoms with Gasteiger partial charge in [0.1, 0.15) is 11.4 Å². The molecule has 1 aliphatic heterocycles. The van der Waals surface area contributed by atoms with Crippen molar-refractivity contribution in [2.24, 2.45) is 13.0 Å². The molecule has 0 radical (unpaired) electrons. The van der Waals surface area contributed by atoms with Gasteiger partial charge in [0.25, 0.3) is 0 Å². The Morgan fingerprint density at radius 3 is 2.81 bits per heavy atom. The molecule has 0 bridgehead atoms. The van der Waals surface area contributed by atoms with Crippen molar-refractivity contribution in [3.05, 3.63) is 70.4 Å². The van der Waals surface area contributed by atoms with Gasteiger partial charge >= 0.3 is 6.09 Å². The van der Waals surface area contributed by atoms with E-state index in [9.17, 15) is 14.7 Å². The normalized spacial score (nSPS) is 14.4. The van der Waals surface area contributed by atoms with E-state index in [2.05, 4.69) is 10.2 Å². The van der Waals surface area contributed by atoms with Crippen LogP contribution in [0.1, 0.15) is 30.5 Å². The van der Waals surface area contributed by atoms with Gasteiger partial charge in [-0.2, -0.15) is 10.2 Å². The van der Waals surface area contributed by atoms with Crippen LogP contribution in [0.15, 0.2) is 53.7 Å². The number of anilines is 1. The molecular weight excluding hydrogens is 410 g/mol. The average Bonchev–Trinajstić information content (AvgIpc) is 3.22. The van der Waals surface area contributed by atoms with E-state index in [1.807, 2.05) is 31.4 Å². The highest BCUT2D eigenvalue weighted by atomic mass is 16.5. The molecule has 1 saturated heterocycles. The van der Waals surface area contributed by atoms with Gasteiger partial charge in [0.15, 0.2) is 0 Å². The summed E-state index contributed by atoms with van der Waals surface area (Å²) in [6.45, 7) is 1.92. The minimum Gasteiger partial charge on any atom is -0.465 e. The molecular formula is C23H27N5O4. The van der Waals surface area contributed by atoms with Crippen LogP contribution in [0.5, 0.6) is 0 Å². The average molecular weight is 438 g/mol. The molecule has 1 fully saturated rings. The third-order valence-electron chi connectivity index (χ3n) is 5.76. The quantitative estimate of drug-likeness (QED) is 0.610. The second kappa shape index (κ2) is 9.78. The second-order valence-electron chi connectivity index (χ2n) is 8.07. The smallest absolute Gasteiger partial charge is 0.411 e. The third-order valence-corrected chi connectivity index (χ3v) is 5.76. The molecule has 0 aliphatic carbocycles. The first-order valence-corrected chi connectivity index (χ1v) is 10.7. The first kappa shape index (κ1) is 21.8. The maximum absolute atomic E-state index is 12.4. The summed E-state index contributed by atoms with van der Waals surface area (Å²) in [5.74, 6) is 0.480. The maximum atomic E-state index is 12.4. The zero-order chi connectivity index (χ0) is 22.5. The maximum Gasteiger partial charge on any atom is 0.411 e. The van der Waals surface area contributed by atoms with Crippen molar-refractivity contribution in [1.82, 2.24) is 19.6 Å². The van der Waals surface area contributed by atoms with Crippen LogP contribution >= 0.6 is 0 Å². The van der Waals surface area contributed by atoms with Gasteiger partial charge < -0.3 is 9.84 Å². The van der Waals surface area contributed by atoms with Crippen molar-refractivity contribution >= 4 is 11.8 Å². The van der Waals surface area contributed by atoms with Gasteiger partial charge in [0, 0.05) is 51.2 Å². The largest absolute Gasteiger partial charge is 0.465 e. The van der Waals surface area contributed by atoms with E-state index >= 15 is 0 Å². The van der Waals surface area contributed by atoms with E-state index in [1.54, 1.807) is 27.8 Å². The molecule has 0 unspecified atom stereocenters. The number of carboxylic acid groups (broad SMARTS) is 1. The highest BCUT2D eigenvalue weighted by Gasteiger charge is 2.19. The lowest BCUT2D eigenvalue weighted by Crippen LogP contribution is -2.32. The van der Waals surface area contributed by atoms with E-state index in [4.69, 9.17) is 4.74 Å². The Hall–Kier alpha value is -3.46. The predicted octanol–water partition coefficient (Wildman–Crippen LogP) is 2.86. The van der Waals surface area contributed by atoms with E-state index in [0.29, 0.717) is 30.3 Å². The van der Waals surface area contributed by atoms with Gasteiger partial charge in [-0.15, -0.1) is 0 Å². The first-order valence-electron chi connectivity index (χ1n) is 10.7. The molecule has 3 heterocycles. The number of hydrogen-bond acceptors (Lipinski definition) is 5. The molecule has 32 heavy (non-hydrogen) atoms. The Balaban J connectivity index is 1.52. The van der Waals surface area contributed by atoms with E-state index in [1.165, 1.54) is 11.0 Å². The minimum atomic E-state index is -0.981. The lowest BCUT2D eigenvalue weighted by atomic mass is 9.96. The molecule has 0 spiro atoms. The molecule has 1 amide bonds. The number of carbonyl (C=O) groups is 1. The third kappa shape index (κ3) is 5.23. The first-order chi connectivity index (χ1) is 15.5. The summed E-state index contributed by atoms with van der Waals surface area (Å²) in [5, 5.41) is 18.4. The number of aryl methyl sites for hydroxylation is 1. The van der Waals surface area contributed by atoms with Crippen molar-refractivity contribution in [3.8, 4) is 5.69 Å². The number of rotatable bonds is 7. The number of aromatic nitrogens is 4. The fourth-order valence-electron chi connectivity index (χ4n) is 3.95. The highest BCUT2D eigenvalue weighted by Crippen LogP contribution is 2.23. The van der Waals surface area contributed by atoms with Crippen molar-refractivity contribution in [2.45, 2.75) is 25.7 Å².